The van der Waals surface area contributed by atoms with Gasteiger partial charge in [0.05, 0.1) is 37.3 Å². The van der Waals surface area contributed by atoms with E-state index >= 15 is 0 Å². The van der Waals surface area contributed by atoms with E-state index in [0.717, 1.165) is 17.4 Å². The average molecular weight is 584 g/mol. The van der Waals surface area contributed by atoms with E-state index in [4.69, 9.17) is 14.2 Å². The molecule has 208 valence electrons. The molecular formula is C25H24F3N3O6S2. The monoisotopic (exact) mass is 583 g/mol. The van der Waals surface area contributed by atoms with Gasteiger partial charge in [-0.25, -0.2) is 19.6 Å². The summed E-state index contributed by atoms with van der Waals surface area (Å²) in [6.07, 6.45) is -4.74. The van der Waals surface area contributed by atoms with Crippen molar-refractivity contribution in [3.05, 3.63) is 52.0 Å². The van der Waals surface area contributed by atoms with Crippen LogP contribution in [0.4, 0.5) is 18.2 Å². The fraction of sp³-hybridized carbons (Fsp3) is 0.320. The van der Waals surface area contributed by atoms with Crippen molar-refractivity contribution in [1.82, 2.24) is 9.97 Å². The number of nitrogens with zero attached hydrogens (tertiary/aromatic N) is 2. The number of rotatable bonds is 10. The fourth-order valence-electron chi connectivity index (χ4n) is 3.28. The molecule has 0 radical (unpaired) electrons. The molecular weight excluding hydrogens is 559 g/mol. The Morgan fingerprint density at radius 2 is 1.67 bits per heavy atom. The number of aromatic nitrogens is 2. The van der Waals surface area contributed by atoms with E-state index in [0.29, 0.717) is 23.1 Å². The van der Waals surface area contributed by atoms with Crippen molar-refractivity contribution in [1.29, 1.82) is 0 Å². The standard InChI is InChI=1S/C25H24F3N3O6S2/c1-5-36-22(33)19-13(3)20(23(34)37-6-2)39-21(19)31-18(32)12-38-24-29-16(11-17(30-24)25(26,27)28)14-7-9-15(35-4)10-8-14/h7-11H,5-6,12H2,1-4H3,(H,31,32). The normalized spacial score (nSPS) is 11.2. The van der Waals surface area contributed by atoms with Crippen LogP contribution in [-0.4, -0.2) is 53.9 Å². The molecule has 1 amide bonds. The molecule has 0 saturated heterocycles. The Morgan fingerprint density at radius 3 is 2.26 bits per heavy atom. The Morgan fingerprint density at radius 1 is 1.03 bits per heavy atom. The number of thioether (sulfide) groups is 1. The van der Waals surface area contributed by atoms with Crippen LogP contribution in [0.25, 0.3) is 11.3 Å². The number of halogens is 3. The predicted octanol–water partition coefficient (Wildman–Crippen LogP) is 5.63. The quantitative estimate of drug-likeness (QED) is 0.184. The van der Waals surface area contributed by atoms with Gasteiger partial charge in [0, 0.05) is 5.56 Å². The topological polar surface area (TPSA) is 117 Å². The molecule has 2 aromatic heterocycles. The average Bonchev–Trinajstić information content (AvgIpc) is 3.22. The van der Waals surface area contributed by atoms with Gasteiger partial charge in [-0.1, -0.05) is 11.8 Å². The molecule has 0 fully saturated rings. The lowest BCUT2D eigenvalue weighted by Gasteiger charge is -2.11. The van der Waals surface area contributed by atoms with Crippen LogP contribution in [0.15, 0.2) is 35.5 Å². The number of benzene rings is 1. The van der Waals surface area contributed by atoms with Crippen molar-refractivity contribution in [3.8, 4) is 17.0 Å². The van der Waals surface area contributed by atoms with Crippen LogP contribution in [-0.2, 0) is 20.4 Å². The van der Waals surface area contributed by atoms with Gasteiger partial charge >= 0.3 is 18.1 Å². The third-order valence-electron chi connectivity index (χ3n) is 5.05. The Balaban J connectivity index is 1.85. The summed E-state index contributed by atoms with van der Waals surface area (Å²) in [5.41, 5.74) is -0.468. The maximum Gasteiger partial charge on any atom is 0.433 e. The van der Waals surface area contributed by atoms with E-state index in [1.165, 1.54) is 14.0 Å². The zero-order chi connectivity index (χ0) is 28.7. The van der Waals surface area contributed by atoms with Gasteiger partial charge in [-0.2, -0.15) is 13.2 Å². The zero-order valence-corrected chi connectivity index (χ0v) is 22.9. The molecule has 1 aromatic carbocycles. The third-order valence-corrected chi connectivity index (χ3v) is 7.09. The maximum absolute atomic E-state index is 13.5. The van der Waals surface area contributed by atoms with E-state index in [9.17, 15) is 27.6 Å². The zero-order valence-electron chi connectivity index (χ0n) is 21.3. The minimum absolute atomic E-state index is 0.000337. The number of esters is 2. The van der Waals surface area contributed by atoms with E-state index in [-0.39, 0.29) is 50.8 Å². The predicted molar refractivity (Wildman–Crippen MR) is 139 cm³/mol. The molecule has 3 rings (SSSR count). The summed E-state index contributed by atoms with van der Waals surface area (Å²) in [6.45, 7) is 4.93. The van der Waals surface area contributed by atoms with Crippen molar-refractivity contribution in [2.45, 2.75) is 32.1 Å². The number of hydrogen-bond acceptors (Lipinski definition) is 10. The first-order valence-electron chi connectivity index (χ1n) is 11.5. The van der Waals surface area contributed by atoms with Crippen molar-refractivity contribution in [2.75, 3.05) is 31.4 Å². The molecule has 0 aliphatic carbocycles. The largest absolute Gasteiger partial charge is 0.497 e. The maximum atomic E-state index is 13.5. The van der Waals surface area contributed by atoms with Crippen molar-refractivity contribution < 1.29 is 41.8 Å². The van der Waals surface area contributed by atoms with E-state index in [1.54, 1.807) is 38.1 Å². The fourth-order valence-corrected chi connectivity index (χ4v) is 5.04. The first kappa shape index (κ1) is 29.9. The van der Waals surface area contributed by atoms with Gasteiger partial charge in [0.1, 0.15) is 21.3 Å². The van der Waals surface area contributed by atoms with E-state index in [2.05, 4.69) is 15.3 Å². The van der Waals surface area contributed by atoms with Crippen LogP contribution in [0.5, 0.6) is 5.75 Å². The SMILES string of the molecule is CCOC(=O)c1sc(NC(=O)CSc2nc(-c3ccc(OC)cc3)cc(C(F)(F)F)n2)c(C(=O)OCC)c1C. The highest BCUT2D eigenvalue weighted by Crippen LogP contribution is 2.35. The van der Waals surface area contributed by atoms with E-state index < -0.39 is 29.7 Å². The van der Waals surface area contributed by atoms with Crippen LogP contribution < -0.4 is 10.1 Å². The Labute approximate surface area is 230 Å². The van der Waals surface area contributed by atoms with Crippen LogP contribution in [0.2, 0.25) is 0 Å². The number of amides is 1. The molecule has 0 atom stereocenters. The number of carbonyl (C=O) groups excluding carboxylic acids is 3. The molecule has 14 heteroatoms. The number of anilines is 1. The third kappa shape index (κ3) is 7.47. The summed E-state index contributed by atoms with van der Waals surface area (Å²) in [6, 6.07) is 7.10. The summed E-state index contributed by atoms with van der Waals surface area (Å²) < 4.78 is 55.7. The summed E-state index contributed by atoms with van der Waals surface area (Å²) in [7, 11) is 1.46. The van der Waals surface area contributed by atoms with Crippen LogP contribution >= 0.6 is 23.1 Å². The number of hydrogen-bond donors (Lipinski definition) is 1. The molecule has 9 nitrogen and oxygen atoms in total. The lowest BCUT2D eigenvalue weighted by atomic mass is 10.1. The van der Waals surface area contributed by atoms with Gasteiger partial charge in [0.15, 0.2) is 5.16 Å². The molecule has 0 aliphatic heterocycles. The molecule has 0 unspecified atom stereocenters. The van der Waals surface area contributed by atoms with Crippen LogP contribution in [0.3, 0.4) is 0 Å². The number of thiophene rings is 1. The lowest BCUT2D eigenvalue weighted by Crippen LogP contribution is -2.17. The smallest absolute Gasteiger partial charge is 0.433 e. The lowest BCUT2D eigenvalue weighted by molar-refractivity contribution is -0.141. The molecule has 3 aromatic rings. The van der Waals surface area contributed by atoms with Crippen LogP contribution in [0.1, 0.15) is 45.1 Å². The molecule has 0 saturated carbocycles. The van der Waals surface area contributed by atoms with Gasteiger partial charge in [-0.15, -0.1) is 11.3 Å². The highest BCUT2D eigenvalue weighted by Gasteiger charge is 2.34. The van der Waals surface area contributed by atoms with Gasteiger partial charge in [0.25, 0.3) is 0 Å². The summed E-state index contributed by atoms with van der Waals surface area (Å²) in [5, 5.41) is 2.33. The Bertz CT molecular complexity index is 1360. The van der Waals surface area contributed by atoms with Gasteiger partial charge in [-0.05, 0) is 56.7 Å². The summed E-state index contributed by atoms with van der Waals surface area (Å²) in [5.74, 6) is -1.92. The number of carbonyl (C=O) groups is 3. The summed E-state index contributed by atoms with van der Waals surface area (Å²) in [4.78, 5) is 45.5. The minimum atomic E-state index is -4.74. The van der Waals surface area contributed by atoms with E-state index in [1.807, 2.05) is 0 Å². The second-order valence-corrected chi connectivity index (χ2v) is 9.65. The first-order valence-corrected chi connectivity index (χ1v) is 13.3. The number of nitrogens with one attached hydrogen (secondary N) is 1. The second kappa shape index (κ2) is 12.9. The molecule has 2 heterocycles. The Hall–Kier alpha value is -3.65. The molecule has 1 N–H and O–H groups in total. The number of methoxy groups -OCH3 is 1. The molecule has 0 spiro atoms. The van der Waals surface area contributed by atoms with Crippen LogP contribution in [0, 0.1) is 6.92 Å². The molecule has 0 bridgehead atoms. The highest BCUT2D eigenvalue weighted by atomic mass is 32.2. The minimum Gasteiger partial charge on any atom is -0.497 e. The summed E-state index contributed by atoms with van der Waals surface area (Å²) >= 11 is 1.52. The molecule has 39 heavy (non-hydrogen) atoms. The highest BCUT2D eigenvalue weighted by molar-refractivity contribution is 7.99. The van der Waals surface area contributed by atoms with Gasteiger partial charge in [0.2, 0.25) is 5.91 Å². The molecule has 0 aliphatic rings. The number of ether oxygens (including phenoxy) is 3. The van der Waals surface area contributed by atoms with Gasteiger partial charge < -0.3 is 19.5 Å². The second-order valence-electron chi connectivity index (χ2n) is 7.69. The van der Waals surface area contributed by atoms with Crippen molar-refractivity contribution >= 4 is 45.9 Å². The van der Waals surface area contributed by atoms with Crippen molar-refractivity contribution in [2.24, 2.45) is 0 Å². The number of alkyl halides is 3. The van der Waals surface area contributed by atoms with Crippen molar-refractivity contribution in [3.63, 3.8) is 0 Å². The van der Waals surface area contributed by atoms with Gasteiger partial charge in [-0.3, -0.25) is 4.79 Å². The Kier molecular flexibility index (Phi) is 9.92. The first-order chi connectivity index (χ1) is 18.5.